The number of aromatic nitrogens is 1. The highest BCUT2D eigenvalue weighted by Gasteiger charge is 2.07. The number of hydrogen-bond donors (Lipinski definition) is 0. The van der Waals surface area contributed by atoms with Gasteiger partial charge in [0.1, 0.15) is 0 Å². The number of nitrogens with zero attached hydrogens (tertiary/aromatic N) is 1. The van der Waals surface area contributed by atoms with Crippen molar-refractivity contribution in [2.24, 2.45) is 0 Å². The molecule has 1 aliphatic heterocycles. The van der Waals surface area contributed by atoms with E-state index in [9.17, 15) is 0 Å². The molecule has 1 heteroatoms. The first kappa shape index (κ1) is 6.30. The van der Waals surface area contributed by atoms with Gasteiger partial charge in [0.2, 0.25) is 0 Å². The number of hydrogen-bond acceptors (Lipinski definition) is 0. The Morgan fingerprint density at radius 1 is 1.33 bits per heavy atom. The molecule has 0 fully saturated rings. The monoisotopic (exact) mass is 157 g/mol. The maximum Gasteiger partial charge on any atom is 0.0512 e. The van der Waals surface area contributed by atoms with Gasteiger partial charge in [0.05, 0.1) is 5.35 Å². The molecular weight excluding hydrogens is 146 g/mol. The molecule has 0 atom stereocenters. The fourth-order valence-electron chi connectivity index (χ4n) is 2.15. The first-order valence-electron chi connectivity index (χ1n) is 4.50. The molecule has 0 amide bonds. The summed E-state index contributed by atoms with van der Waals surface area (Å²) in [6, 6.07) is 2.22. The van der Waals surface area contributed by atoms with Crippen LogP contribution in [0.25, 0.3) is 11.6 Å². The summed E-state index contributed by atoms with van der Waals surface area (Å²) < 4.78 is 2.33. The lowest BCUT2D eigenvalue weighted by Crippen LogP contribution is -2.34. The van der Waals surface area contributed by atoms with E-state index < -0.39 is 0 Å². The minimum atomic E-state index is 1.05. The Kier molecular flexibility index (Phi) is 1.12. The van der Waals surface area contributed by atoms with Crippen molar-refractivity contribution in [3.05, 3.63) is 35.0 Å². The quantitative estimate of drug-likeness (QED) is 0.524. The van der Waals surface area contributed by atoms with Crippen LogP contribution in [0.4, 0.5) is 0 Å². The van der Waals surface area contributed by atoms with Gasteiger partial charge in [-0.1, -0.05) is 18.2 Å². The van der Waals surface area contributed by atoms with Gasteiger partial charge in [-0.3, -0.25) is 0 Å². The second-order valence-electron chi connectivity index (χ2n) is 3.44. The van der Waals surface area contributed by atoms with Gasteiger partial charge in [0.25, 0.3) is 0 Å². The molecule has 2 heterocycles. The van der Waals surface area contributed by atoms with Crippen LogP contribution in [0.3, 0.4) is 0 Å². The van der Waals surface area contributed by atoms with E-state index in [0.29, 0.717) is 0 Å². The molecule has 0 N–H and O–H groups in total. The third-order valence-corrected chi connectivity index (χ3v) is 2.70. The van der Waals surface area contributed by atoms with Crippen molar-refractivity contribution in [2.45, 2.75) is 19.4 Å². The topological polar surface area (TPSA) is 4.93 Å². The fourth-order valence-corrected chi connectivity index (χ4v) is 2.15. The zero-order chi connectivity index (χ0) is 7.97. The smallest absolute Gasteiger partial charge is 0.0512 e. The Hall–Kier alpha value is -1.24. The molecule has 0 spiro atoms. The fraction of sp³-hybridized carbons (Fsp3) is 0.273. The zero-order valence-corrected chi connectivity index (χ0v) is 6.96. The van der Waals surface area contributed by atoms with Crippen LogP contribution in [0.15, 0.2) is 24.4 Å². The van der Waals surface area contributed by atoms with Gasteiger partial charge in [-0.2, -0.15) is 0 Å². The molecule has 3 rings (SSSR count). The molecule has 1 aliphatic carbocycles. The summed E-state index contributed by atoms with van der Waals surface area (Å²) in [6.45, 7) is 1.05. The van der Waals surface area contributed by atoms with Gasteiger partial charge < -0.3 is 4.57 Å². The molecule has 0 bridgehead atoms. The summed E-state index contributed by atoms with van der Waals surface area (Å²) in [5.41, 5.74) is 1.52. The highest BCUT2D eigenvalue weighted by molar-refractivity contribution is 5.60. The SMILES string of the molecule is C1=CC2=c3c(ccn3C1)=CCC2. The molecule has 1 nitrogen and oxygen atoms in total. The Bertz CT molecular complexity index is 460. The summed E-state index contributed by atoms with van der Waals surface area (Å²) in [6.07, 6.45) is 11.5. The molecule has 0 saturated carbocycles. The molecular formula is C11H11N. The van der Waals surface area contributed by atoms with Crippen molar-refractivity contribution in [1.82, 2.24) is 4.57 Å². The van der Waals surface area contributed by atoms with Crippen LogP contribution in [0, 0.1) is 0 Å². The molecule has 12 heavy (non-hydrogen) atoms. The van der Waals surface area contributed by atoms with Crippen molar-refractivity contribution in [3.8, 4) is 0 Å². The van der Waals surface area contributed by atoms with Gasteiger partial charge >= 0.3 is 0 Å². The average Bonchev–Trinajstić information content (AvgIpc) is 2.52. The Morgan fingerprint density at radius 2 is 2.33 bits per heavy atom. The number of allylic oxidation sites excluding steroid dienone is 2. The van der Waals surface area contributed by atoms with E-state index >= 15 is 0 Å². The van der Waals surface area contributed by atoms with E-state index in [0.717, 1.165) is 6.54 Å². The standard InChI is InChI=1S/C11H11N/c1-3-9-5-2-7-12-8-6-10(4-1)11(9)12/h2,4-6,8H,1,3,7H2. The molecule has 0 radical (unpaired) electrons. The van der Waals surface area contributed by atoms with Crippen LogP contribution >= 0.6 is 0 Å². The first-order valence-corrected chi connectivity index (χ1v) is 4.50. The number of rotatable bonds is 0. The van der Waals surface area contributed by atoms with Crippen LogP contribution in [-0.2, 0) is 6.54 Å². The Morgan fingerprint density at radius 3 is 3.33 bits per heavy atom. The van der Waals surface area contributed by atoms with E-state index in [2.05, 4.69) is 35.1 Å². The van der Waals surface area contributed by atoms with Gasteiger partial charge in [-0.25, -0.2) is 0 Å². The summed E-state index contributed by atoms with van der Waals surface area (Å²) in [5.74, 6) is 0. The normalized spacial score (nSPS) is 18.8. The van der Waals surface area contributed by atoms with Crippen molar-refractivity contribution in [1.29, 1.82) is 0 Å². The maximum atomic E-state index is 2.34. The van der Waals surface area contributed by atoms with Gasteiger partial charge in [-0.05, 0) is 29.7 Å². The van der Waals surface area contributed by atoms with Crippen molar-refractivity contribution in [3.63, 3.8) is 0 Å². The molecule has 0 saturated heterocycles. The van der Waals surface area contributed by atoms with Gasteiger partial charge in [0.15, 0.2) is 0 Å². The highest BCUT2D eigenvalue weighted by Crippen LogP contribution is 2.11. The van der Waals surface area contributed by atoms with Crippen molar-refractivity contribution in [2.75, 3.05) is 0 Å². The maximum absolute atomic E-state index is 2.34. The third kappa shape index (κ3) is 0.685. The zero-order valence-electron chi connectivity index (χ0n) is 6.96. The van der Waals surface area contributed by atoms with Crippen LogP contribution in [0.2, 0.25) is 0 Å². The predicted octanol–water partition coefficient (Wildman–Crippen LogP) is 0.783. The average molecular weight is 157 g/mol. The minimum Gasteiger partial charge on any atom is -0.343 e. The first-order chi connectivity index (χ1) is 5.95. The lowest BCUT2D eigenvalue weighted by Gasteiger charge is -2.12. The minimum absolute atomic E-state index is 1.05. The molecule has 60 valence electrons. The van der Waals surface area contributed by atoms with E-state index in [-0.39, 0.29) is 0 Å². The highest BCUT2D eigenvalue weighted by atomic mass is 14.9. The van der Waals surface area contributed by atoms with Crippen LogP contribution < -0.4 is 10.6 Å². The predicted molar refractivity (Wildman–Crippen MR) is 49.9 cm³/mol. The van der Waals surface area contributed by atoms with Crippen LogP contribution in [-0.4, -0.2) is 4.57 Å². The van der Waals surface area contributed by atoms with Crippen LogP contribution in [0.1, 0.15) is 12.8 Å². The Balaban J connectivity index is 2.56. The van der Waals surface area contributed by atoms with E-state index in [1.54, 1.807) is 0 Å². The lowest BCUT2D eigenvalue weighted by molar-refractivity contribution is 0.778. The second-order valence-corrected chi connectivity index (χ2v) is 3.44. The largest absolute Gasteiger partial charge is 0.343 e. The molecule has 0 aromatic carbocycles. The lowest BCUT2D eigenvalue weighted by atomic mass is 10.0. The molecule has 2 aliphatic rings. The second kappa shape index (κ2) is 2.13. The van der Waals surface area contributed by atoms with E-state index in [1.165, 1.54) is 29.0 Å². The Labute approximate surface area is 71.3 Å². The van der Waals surface area contributed by atoms with E-state index in [4.69, 9.17) is 0 Å². The van der Waals surface area contributed by atoms with Gasteiger partial charge in [-0.15, -0.1) is 0 Å². The van der Waals surface area contributed by atoms with E-state index in [1.807, 2.05) is 0 Å². The molecule has 1 aromatic rings. The molecule has 1 aromatic heterocycles. The summed E-state index contributed by atoms with van der Waals surface area (Å²) in [5, 5.41) is 2.89. The molecule has 0 unspecified atom stereocenters. The third-order valence-electron chi connectivity index (χ3n) is 2.70. The summed E-state index contributed by atoms with van der Waals surface area (Å²) in [4.78, 5) is 0. The summed E-state index contributed by atoms with van der Waals surface area (Å²) >= 11 is 0. The van der Waals surface area contributed by atoms with Gasteiger partial charge in [0, 0.05) is 12.7 Å². The van der Waals surface area contributed by atoms with Crippen molar-refractivity contribution >= 4 is 11.6 Å². The van der Waals surface area contributed by atoms with Crippen molar-refractivity contribution < 1.29 is 0 Å². The summed E-state index contributed by atoms with van der Waals surface area (Å²) in [7, 11) is 0. The van der Waals surface area contributed by atoms with Crippen LogP contribution in [0.5, 0.6) is 0 Å².